The fraction of sp³-hybridized carbons (Fsp3) is 0.294. The molecule has 0 saturated heterocycles. The summed E-state index contributed by atoms with van der Waals surface area (Å²) < 4.78 is 5.91. The van der Waals surface area contributed by atoms with Gasteiger partial charge in [0.2, 0.25) is 5.88 Å². The summed E-state index contributed by atoms with van der Waals surface area (Å²) in [6, 6.07) is 5.57. The number of carbonyl (C=O) groups is 1. The molecule has 0 aromatic heterocycles. The first-order valence-corrected chi connectivity index (χ1v) is 8.00. The number of rotatable bonds is 4. The fourth-order valence-corrected chi connectivity index (χ4v) is 2.68. The van der Waals surface area contributed by atoms with Crippen LogP contribution in [0.3, 0.4) is 0 Å². The van der Waals surface area contributed by atoms with Crippen LogP contribution in [0.25, 0.3) is 0 Å². The molecule has 2 heterocycles. The van der Waals surface area contributed by atoms with E-state index in [0.717, 1.165) is 30.8 Å². The molecule has 0 aliphatic carbocycles. The van der Waals surface area contributed by atoms with Crippen LogP contribution < -0.4 is 15.1 Å². The summed E-state index contributed by atoms with van der Waals surface area (Å²) in [4.78, 5) is 13.8. The van der Waals surface area contributed by atoms with Gasteiger partial charge in [0.1, 0.15) is 0 Å². The highest BCUT2D eigenvalue weighted by Gasteiger charge is 2.26. The zero-order valence-electron chi connectivity index (χ0n) is 13.1. The minimum atomic E-state index is -0.196. The van der Waals surface area contributed by atoms with Gasteiger partial charge in [-0.25, -0.2) is 5.43 Å². The van der Waals surface area contributed by atoms with Gasteiger partial charge in [-0.2, -0.15) is 5.10 Å². The van der Waals surface area contributed by atoms with E-state index in [1.54, 1.807) is 19.1 Å². The summed E-state index contributed by atoms with van der Waals surface area (Å²) in [7, 11) is 0. The van der Waals surface area contributed by atoms with E-state index in [1.165, 1.54) is 0 Å². The van der Waals surface area contributed by atoms with E-state index in [9.17, 15) is 4.79 Å². The molecule has 0 spiro atoms. The van der Waals surface area contributed by atoms with Crippen molar-refractivity contribution in [2.45, 2.75) is 26.7 Å². The Kier molecular flexibility index (Phi) is 4.39. The zero-order chi connectivity index (χ0) is 16.4. The third-order valence-corrected chi connectivity index (χ3v) is 4.01. The molecule has 6 heteroatoms. The SMILES string of the molecule is CCCCN1/C(=C/C=C2\C(=O)NN=C2C)Oc2ccc(Cl)cc21. The van der Waals surface area contributed by atoms with Crippen LogP contribution in [0.5, 0.6) is 5.75 Å². The van der Waals surface area contributed by atoms with E-state index >= 15 is 0 Å². The summed E-state index contributed by atoms with van der Waals surface area (Å²) in [5.74, 6) is 1.27. The molecular weight excluding hydrogens is 314 g/mol. The Morgan fingerprint density at radius 2 is 2.22 bits per heavy atom. The maximum atomic E-state index is 11.7. The van der Waals surface area contributed by atoms with Gasteiger partial charge >= 0.3 is 0 Å². The van der Waals surface area contributed by atoms with Gasteiger partial charge in [0.25, 0.3) is 5.91 Å². The van der Waals surface area contributed by atoms with Crippen molar-refractivity contribution in [3.8, 4) is 5.75 Å². The molecule has 1 amide bonds. The molecule has 23 heavy (non-hydrogen) atoms. The van der Waals surface area contributed by atoms with Crippen LogP contribution in [0.1, 0.15) is 26.7 Å². The molecule has 2 aliphatic rings. The molecule has 1 aromatic carbocycles. The Labute approximate surface area is 140 Å². The highest BCUT2D eigenvalue weighted by atomic mass is 35.5. The Bertz CT molecular complexity index is 737. The van der Waals surface area contributed by atoms with Crippen LogP contribution >= 0.6 is 11.6 Å². The molecule has 3 rings (SSSR count). The largest absolute Gasteiger partial charge is 0.439 e. The molecule has 120 valence electrons. The van der Waals surface area contributed by atoms with Crippen molar-refractivity contribution in [1.82, 2.24) is 5.43 Å². The van der Waals surface area contributed by atoms with E-state index in [2.05, 4.69) is 22.4 Å². The Hall–Kier alpha value is -2.27. The lowest BCUT2D eigenvalue weighted by Crippen LogP contribution is -2.21. The van der Waals surface area contributed by atoms with Gasteiger partial charge < -0.3 is 9.64 Å². The number of hydrogen-bond acceptors (Lipinski definition) is 4. The molecule has 0 fully saturated rings. The number of unbranched alkanes of at least 4 members (excludes halogenated alkanes) is 1. The van der Waals surface area contributed by atoms with Gasteiger partial charge in [-0.05, 0) is 43.7 Å². The van der Waals surface area contributed by atoms with Crippen molar-refractivity contribution in [3.05, 3.63) is 46.8 Å². The first kappa shape index (κ1) is 15.6. The van der Waals surface area contributed by atoms with Crippen molar-refractivity contribution in [1.29, 1.82) is 0 Å². The van der Waals surface area contributed by atoms with E-state index < -0.39 is 0 Å². The van der Waals surface area contributed by atoms with Crippen LogP contribution in [0.4, 0.5) is 5.69 Å². The number of ether oxygens (including phenoxy) is 1. The first-order chi connectivity index (χ1) is 11.1. The molecule has 1 N–H and O–H groups in total. The standard InChI is InChI=1S/C17H18ClN3O2/c1-3-4-9-21-14-10-12(18)5-7-15(14)23-16(21)8-6-13-11(2)19-20-17(13)22/h5-8,10H,3-4,9H2,1-2H3,(H,20,22)/b13-6-,16-8-. The second kappa shape index (κ2) is 6.46. The highest BCUT2D eigenvalue weighted by molar-refractivity contribution is 6.31. The monoisotopic (exact) mass is 331 g/mol. The van der Waals surface area contributed by atoms with E-state index in [1.807, 2.05) is 18.2 Å². The van der Waals surface area contributed by atoms with Crippen molar-refractivity contribution in [2.75, 3.05) is 11.4 Å². The third kappa shape index (κ3) is 3.10. The molecule has 2 aliphatic heterocycles. The number of allylic oxidation sites excluding steroid dienone is 2. The zero-order valence-corrected chi connectivity index (χ0v) is 13.9. The quantitative estimate of drug-likeness (QED) is 0.857. The number of anilines is 1. The van der Waals surface area contributed by atoms with Crippen molar-refractivity contribution < 1.29 is 9.53 Å². The summed E-state index contributed by atoms with van der Waals surface area (Å²) in [5.41, 5.74) is 4.62. The van der Waals surface area contributed by atoms with Crippen molar-refractivity contribution in [2.24, 2.45) is 5.10 Å². The number of halogens is 1. The second-order valence-electron chi connectivity index (χ2n) is 5.44. The van der Waals surface area contributed by atoms with Gasteiger partial charge in [0, 0.05) is 11.6 Å². The Morgan fingerprint density at radius 3 is 2.91 bits per heavy atom. The number of nitrogens with one attached hydrogen (secondary N) is 1. The lowest BCUT2D eigenvalue weighted by atomic mass is 10.1. The lowest BCUT2D eigenvalue weighted by molar-refractivity contribution is -0.116. The molecule has 0 radical (unpaired) electrons. The maximum absolute atomic E-state index is 11.7. The average Bonchev–Trinajstić information content (AvgIpc) is 3.03. The van der Waals surface area contributed by atoms with Crippen LogP contribution in [0.2, 0.25) is 5.02 Å². The summed E-state index contributed by atoms with van der Waals surface area (Å²) in [5, 5.41) is 4.58. The van der Waals surface area contributed by atoms with E-state index in [4.69, 9.17) is 16.3 Å². The summed E-state index contributed by atoms with van der Waals surface area (Å²) in [6.07, 6.45) is 5.66. The highest BCUT2D eigenvalue weighted by Crippen LogP contribution is 2.40. The predicted molar refractivity (Wildman–Crippen MR) is 91.8 cm³/mol. The minimum absolute atomic E-state index is 0.196. The molecule has 0 bridgehead atoms. The number of nitrogens with zero attached hydrogens (tertiary/aromatic N) is 2. The predicted octanol–water partition coefficient (Wildman–Crippen LogP) is 3.61. The maximum Gasteiger partial charge on any atom is 0.273 e. The minimum Gasteiger partial charge on any atom is -0.439 e. The van der Waals surface area contributed by atoms with Crippen LogP contribution in [-0.2, 0) is 4.79 Å². The molecule has 0 atom stereocenters. The molecular formula is C17H18ClN3O2. The molecule has 0 saturated carbocycles. The van der Waals surface area contributed by atoms with Gasteiger partial charge in [-0.1, -0.05) is 24.9 Å². The molecule has 0 unspecified atom stereocenters. The first-order valence-electron chi connectivity index (χ1n) is 7.62. The fourth-order valence-electron chi connectivity index (χ4n) is 2.52. The summed E-state index contributed by atoms with van der Waals surface area (Å²) >= 11 is 6.11. The topological polar surface area (TPSA) is 53.9 Å². The second-order valence-corrected chi connectivity index (χ2v) is 5.88. The summed E-state index contributed by atoms with van der Waals surface area (Å²) in [6.45, 7) is 4.77. The number of carbonyl (C=O) groups excluding carboxylic acids is 1. The lowest BCUT2D eigenvalue weighted by Gasteiger charge is -2.17. The Morgan fingerprint density at radius 1 is 1.39 bits per heavy atom. The Balaban J connectivity index is 1.92. The van der Waals surface area contributed by atoms with Gasteiger partial charge in [-0.15, -0.1) is 0 Å². The van der Waals surface area contributed by atoms with Crippen molar-refractivity contribution >= 4 is 28.9 Å². The van der Waals surface area contributed by atoms with Gasteiger partial charge in [0.15, 0.2) is 5.75 Å². The molecule has 5 nitrogen and oxygen atoms in total. The van der Waals surface area contributed by atoms with Crippen LogP contribution in [-0.4, -0.2) is 18.2 Å². The number of hydrazone groups is 1. The number of hydrogen-bond donors (Lipinski definition) is 1. The van der Waals surface area contributed by atoms with E-state index in [-0.39, 0.29) is 5.91 Å². The average molecular weight is 332 g/mol. The smallest absolute Gasteiger partial charge is 0.273 e. The van der Waals surface area contributed by atoms with Gasteiger partial charge in [0.05, 0.1) is 17.0 Å². The molecule has 1 aromatic rings. The van der Waals surface area contributed by atoms with Crippen LogP contribution in [0.15, 0.2) is 46.9 Å². The number of fused-ring (bicyclic) bond motifs is 1. The van der Waals surface area contributed by atoms with Crippen LogP contribution in [0, 0.1) is 0 Å². The third-order valence-electron chi connectivity index (χ3n) is 3.78. The number of benzene rings is 1. The van der Waals surface area contributed by atoms with Crippen molar-refractivity contribution in [3.63, 3.8) is 0 Å². The van der Waals surface area contributed by atoms with Gasteiger partial charge in [-0.3, -0.25) is 4.79 Å². The van der Waals surface area contributed by atoms with E-state index in [0.29, 0.717) is 22.2 Å². The number of amides is 1. The normalized spacial score (nSPS) is 19.9.